The van der Waals surface area contributed by atoms with Gasteiger partial charge in [0.1, 0.15) is 17.4 Å². The van der Waals surface area contributed by atoms with Gasteiger partial charge in [0.15, 0.2) is 5.82 Å². The summed E-state index contributed by atoms with van der Waals surface area (Å²) in [5, 5.41) is 2.80. The maximum absolute atomic E-state index is 12.1. The van der Waals surface area contributed by atoms with Crippen LogP contribution in [0.4, 0.5) is 30.5 Å². The number of ether oxygens (including phenoxy) is 1. The van der Waals surface area contributed by atoms with Crippen LogP contribution in [0.1, 0.15) is 5.82 Å². The zero-order valence-corrected chi connectivity index (χ0v) is 9.88. The molecule has 1 aromatic heterocycles. The standard InChI is InChI=1S/C11H11F3N4O/c1-6-16-9(15)10(17-6)18-7-3-2-4-8(5-7)19-11(12,13)14/h2-5,18H,15H2,1H3,(H,16,17). The van der Waals surface area contributed by atoms with Gasteiger partial charge in [0.25, 0.3) is 0 Å². The van der Waals surface area contributed by atoms with E-state index in [4.69, 9.17) is 5.73 Å². The van der Waals surface area contributed by atoms with E-state index in [0.717, 1.165) is 0 Å². The summed E-state index contributed by atoms with van der Waals surface area (Å²) in [7, 11) is 0. The SMILES string of the molecule is Cc1nc(Nc2cccc(OC(F)(F)F)c2)c(N)[nH]1. The second kappa shape index (κ2) is 4.71. The average molecular weight is 272 g/mol. The Labute approximate surface area is 106 Å². The lowest BCUT2D eigenvalue weighted by molar-refractivity contribution is -0.274. The lowest BCUT2D eigenvalue weighted by Gasteiger charge is -2.10. The molecule has 0 amide bonds. The van der Waals surface area contributed by atoms with Crippen LogP contribution in [-0.2, 0) is 0 Å². The summed E-state index contributed by atoms with van der Waals surface area (Å²) in [4.78, 5) is 6.83. The Morgan fingerprint density at radius 1 is 1.37 bits per heavy atom. The number of aryl methyl sites for hydroxylation is 1. The second-order valence-electron chi connectivity index (χ2n) is 3.79. The number of nitrogens with one attached hydrogen (secondary N) is 2. The number of halogens is 3. The molecule has 2 rings (SSSR count). The number of benzene rings is 1. The van der Waals surface area contributed by atoms with Gasteiger partial charge in [-0.3, -0.25) is 0 Å². The van der Waals surface area contributed by atoms with Crippen molar-refractivity contribution in [2.24, 2.45) is 0 Å². The van der Waals surface area contributed by atoms with Crippen molar-refractivity contribution in [3.8, 4) is 5.75 Å². The smallest absolute Gasteiger partial charge is 0.406 e. The number of anilines is 3. The Balaban J connectivity index is 2.17. The number of hydrogen-bond acceptors (Lipinski definition) is 4. The monoisotopic (exact) mass is 272 g/mol. The molecule has 0 aliphatic heterocycles. The molecule has 0 bridgehead atoms. The van der Waals surface area contributed by atoms with E-state index in [2.05, 4.69) is 20.0 Å². The highest BCUT2D eigenvalue weighted by Gasteiger charge is 2.31. The molecule has 0 saturated heterocycles. The fourth-order valence-corrected chi connectivity index (χ4v) is 1.51. The third-order valence-corrected chi connectivity index (χ3v) is 2.18. The molecule has 4 N–H and O–H groups in total. The van der Waals surface area contributed by atoms with Crippen molar-refractivity contribution in [1.29, 1.82) is 0 Å². The van der Waals surface area contributed by atoms with Crippen molar-refractivity contribution < 1.29 is 17.9 Å². The van der Waals surface area contributed by atoms with Crippen molar-refractivity contribution in [1.82, 2.24) is 9.97 Å². The molecule has 0 aliphatic carbocycles. The van der Waals surface area contributed by atoms with Crippen LogP contribution in [0.25, 0.3) is 0 Å². The molecule has 5 nitrogen and oxygen atoms in total. The summed E-state index contributed by atoms with van der Waals surface area (Å²) in [6.07, 6.45) is -4.72. The number of imidazole rings is 1. The molecule has 19 heavy (non-hydrogen) atoms. The Bertz CT molecular complexity index is 580. The highest BCUT2D eigenvalue weighted by molar-refractivity contribution is 5.67. The van der Waals surface area contributed by atoms with Crippen LogP contribution in [0.5, 0.6) is 5.75 Å². The van der Waals surface area contributed by atoms with Gasteiger partial charge < -0.3 is 20.8 Å². The molecule has 0 atom stereocenters. The van der Waals surface area contributed by atoms with E-state index in [1.807, 2.05) is 0 Å². The van der Waals surface area contributed by atoms with Gasteiger partial charge in [-0.2, -0.15) is 0 Å². The number of rotatable bonds is 3. The first-order valence-electron chi connectivity index (χ1n) is 5.28. The zero-order valence-electron chi connectivity index (χ0n) is 9.88. The molecule has 102 valence electrons. The molecule has 0 saturated carbocycles. The first-order chi connectivity index (χ1) is 8.83. The van der Waals surface area contributed by atoms with E-state index in [1.165, 1.54) is 18.2 Å². The third kappa shape index (κ3) is 3.54. The number of hydrogen-bond donors (Lipinski definition) is 3. The summed E-state index contributed by atoms with van der Waals surface area (Å²) in [5.74, 6) is 0.937. The highest BCUT2D eigenvalue weighted by atomic mass is 19.4. The largest absolute Gasteiger partial charge is 0.573 e. The maximum Gasteiger partial charge on any atom is 0.573 e. The number of nitrogen functional groups attached to an aromatic ring is 1. The lowest BCUT2D eigenvalue weighted by atomic mass is 10.3. The molecule has 1 heterocycles. The van der Waals surface area contributed by atoms with Crippen LogP contribution < -0.4 is 15.8 Å². The van der Waals surface area contributed by atoms with Crippen LogP contribution in [0.2, 0.25) is 0 Å². The number of aromatic amines is 1. The number of aromatic nitrogens is 2. The predicted molar refractivity (Wildman–Crippen MR) is 64.1 cm³/mol. The topological polar surface area (TPSA) is 76.0 Å². The fraction of sp³-hybridized carbons (Fsp3) is 0.182. The van der Waals surface area contributed by atoms with Crippen molar-refractivity contribution in [2.45, 2.75) is 13.3 Å². The third-order valence-electron chi connectivity index (χ3n) is 2.18. The van der Waals surface area contributed by atoms with Crippen molar-refractivity contribution >= 4 is 17.3 Å². The van der Waals surface area contributed by atoms with E-state index < -0.39 is 6.36 Å². The van der Waals surface area contributed by atoms with E-state index in [0.29, 0.717) is 23.1 Å². The fourth-order valence-electron chi connectivity index (χ4n) is 1.51. The molecule has 2 aromatic rings. The molecule has 1 aromatic carbocycles. The summed E-state index contributed by atoms with van der Waals surface area (Å²) in [6.45, 7) is 1.71. The second-order valence-corrected chi connectivity index (χ2v) is 3.79. The van der Waals surface area contributed by atoms with Gasteiger partial charge in [0, 0.05) is 11.8 Å². The Morgan fingerprint density at radius 3 is 2.68 bits per heavy atom. The Kier molecular flexibility index (Phi) is 3.24. The molecule has 0 unspecified atom stereocenters. The van der Waals surface area contributed by atoms with Crippen LogP contribution in [-0.4, -0.2) is 16.3 Å². The van der Waals surface area contributed by atoms with E-state index >= 15 is 0 Å². The quantitative estimate of drug-likeness (QED) is 0.803. The van der Waals surface area contributed by atoms with E-state index in [-0.39, 0.29) is 5.75 Å². The van der Waals surface area contributed by atoms with Crippen LogP contribution in [0.3, 0.4) is 0 Å². The van der Waals surface area contributed by atoms with Gasteiger partial charge in [0.2, 0.25) is 0 Å². The minimum atomic E-state index is -4.72. The average Bonchev–Trinajstić information content (AvgIpc) is 2.55. The van der Waals surface area contributed by atoms with Gasteiger partial charge in [-0.15, -0.1) is 13.2 Å². The zero-order chi connectivity index (χ0) is 14.0. The predicted octanol–water partition coefficient (Wildman–Crippen LogP) is 2.94. The highest BCUT2D eigenvalue weighted by Crippen LogP contribution is 2.27. The molecule has 0 spiro atoms. The summed E-state index contributed by atoms with van der Waals surface area (Å²) in [6, 6.07) is 5.42. The van der Waals surface area contributed by atoms with Gasteiger partial charge in [-0.1, -0.05) is 6.07 Å². The number of nitrogens with zero attached hydrogens (tertiary/aromatic N) is 1. The molecule has 0 radical (unpaired) electrons. The Morgan fingerprint density at radius 2 is 2.11 bits per heavy atom. The maximum atomic E-state index is 12.1. The molecule has 0 aliphatic rings. The number of nitrogens with two attached hydrogens (primary N) is 1. The molecular weight excluding hydrogens is 261 g/mol. The first-order valence-corrected chi connectivity index (χ1v) is 5.28. The lowest BCUT2D eigenvalue weighted by Crippen LogP contribution is -2.17. The van der Waals surface area contributed by atoms with Crippen molar-refractivity contribution in [3.05, 3.63) is 30.1 Å². The minimum absolute atomic E-state index is 0.305. The number of H-pyrrole nitrogens is 1. The normalized spacial score (nSPS) is 11.4. The summed E-state index contributed by atoms with van der Waals surface area (Å²) in [5.41, 5.74) is 6.03. The van der Waals surface area contributed by atoms with Gasteiger partial charge >= 0.3 is 6.36 Å². The van der Waals surface area contributed by atoms with E-state index in [9.17, 15) is 13.2 Å². The van der Waals surface area contributed by atoms with Crippen LogP contribution in [0.15, 0.2) is 24.3 Å². The number of alkyl halides is 3. The minimum Gasteiger partial charge on any atom is -0.406 e. The van der Waals surface area contributed by atoms with E-state index in [1.54, 1.807) is 13.0 Å². The van der Waals surface area contributed by atoms with Gasteiger partial charge in [0.05, 0.1) is 0 Å². The van der Waals surface area contributed by atoms with Crippen molar-refractivity contribution in [3.63, 3.8) is 0 Å². The summed E-state index contributed by atoms with van der Waals surface area (Å²) >= 11 is 0. The molecular formula is C11H11F3N4O. The summed E-state index contributed by atoms with van der Waals surface area (Å²) < 4.78 is 40.1. The van der Waals surface area contributed by atoms with Crippen molar-refractivity contribution in [2.75, 3.05) is 11.1 Å². The molecule has 0 fully saturated rings. The molecule has 8 heteroatoms. The van der Waals surface area contributed by atoms with Crippen LogP contribution in [0, 0.1) is 6.92 Å². The van der Waals surface area contributed by atoms with Crippen LogP contribution >= 0.6 is 0 Å². The Hall–Kier alpha value is -2.38. The van der Waals surface area contributed by atoms with Gasteiger partial charge in [-0.05, 0) is 19.1 Å². The first kappa shape index (κ1) is 13.1. The van der Waals surface area contributed by atoms with Gasteiger partial charge in [-0.25, -0.2) is 4.98 Å².